The van der Waals surface area contributed by atoms with Crippen molar-refractivity contribution in [1.29, 1.82) is 0 Å². The number of hydrogen-bond acceptors (Lipinski definition) is 6. The standard InChI is InChI=1S/C27H22BrNO6/c1-17-4-2-3-5-23(17)29-15-20(14-25(29)31)26(32)34-16-24(30)18-8-12-22(13-9-18)35-27(33)19-6-10-21(28)11-7-19/h2-13,20H,14-16H2,1H3/t20-/m0/s1. The molecule has 0 unspecified atom stereocenters. The molecule has 1 aliphatic rings. The number of para-hydroxylation sites is 1. The first-order valence-corrected chi connectivity index (χ1v) is 11.7. The van der Waals surface area contributed by atoms with E-state index in [9.17, 15) is 19.2 Å². The number of Topliss-reactive ketones (excluding diaryl/α,β-unsaturated/α-hetero) is 1. The van der Waals surface area contributed by atoms with Gasteiger partial charge in [-0.2, -0.15) is 0 Å². The molecular formula is C27H22BrNO6. The van der Waals surface area contributed by atoms with Gasteiger partial charge in [0.05, 0.1) is 11.5 Å². The molecule has 0 bridgehead atoms. The summed E-state index contributed by atoms with van der Waals surface area (Å²) in [7, 11) is 0. The number of carbonyl (C=O) groups is 4. The van der Waals surface area contributed by atoms with E-state index >= 15 is 0 Å². The lowest BCUT2D eigenvalue weighted by Gasteiger charge is -2.18. The van der Waals surface area contributed by atoms with Crippen molar-refractivity contribution in [3.63, 3.8) is 0 Å². The summed E-state index contributed by atoms with van der Waals surface area (Å²) in [5.41, 5.74) is 2.41. The molecule has 1 aliphatic heterocycles. The van der Waals surface area contributed by atoms with Crippen molar-refractivity contribution in [2.75, 3.05) is 18.1 Å². The summed E-state index contributed by atoms with van der Waals surface area (Å²) in [6.07, 6.45) is 0.0415. The molecule has 1 heterocycles. The van der Waals surface area contributed by atoms with Crippen molar-refractivity contribution < 1.29 is 28.7 Å². The highest BCUT2D eigenvalue weighted by molar-refractivity contribution is 9.10. The number of hydrogen-bond donors (Lipinski definition) is 0. The third kappa shape index (κ3) is 5.84. The summed E-state index contributed by atoms with van der Waals surface area (Å²) in [5, 5.41) is 0. The number of nitrogens with zero attached hydrogens (tertiary/aromatic N) is 1. The molecule has 0 aliphatic carbocycles. The van der Waals surface area contributed by atoms with Gasteiger partial charge in [-0.25, -0.2) is 4.79 Å². The number of halogens is 1. The number of anilines is 1. The smallest absolute Gasteiger partial charge is 0.343 e. The Bertz CT molecular complexity index is 1270. The molecule has 0 saturated carbocycles. The first-order chi connectivity index (χ1) is 16.8. The zero-order valence-corrected chi connectivity index (χ0v) is 20.5. The lowest BCUT2D eigenvalue weighted by Crippen LogP contribution is -2.27. The van der Waals surface area contributed by atoms with E-state index in [1.165, 1.54) is 24.3 Å². The normalized spacial score (nSPS) is 15.1. The molecular weight excluding hydrogens is 514 g/mol. The van der Waals surface area contributed by atoms with E-state index in [1.54, 1.807) is 29.2 Å². The van der Waals surface area contributed by atoms with Crippen molar-refractivity contribution in [2.45, 2.75) is 13.3 Å². The maximum Gasteiger partial charge on any atom is 0.343 e. The summed E-state index contributed by atoms with van der Waals surface area (Å²) in [5.74, 6) is -1.99. The van der Waals surface area contributed by atoms with Crippen molar-refractivity contribution in [3.05, 3.63) is 94.0 Å². The van der Waals surface area contributed by atoms with Crippen LogP contribution in [-0.4, -0.2) is 36.8 Å². The molecule has 1 atom stereocenters. The number of ether oxygens (including phenoxy) is 2. The summed E-state index contributed by atoms with van der Waals surface area (Å²) in [6.45, 7) is 1.68. The van der Waals surface area contributed by atoms with Crippen LogP contribution in [-0.2, 0) is 14.3 Å². The molecule has 178 valence electrons. The minimum atomic E-state index is -0.629. The van der Waals surface area contributed by atoms with Gasteiger partial charge in [0.1, 0.15) is 5.75 Å². The predicted octanol–water partition coefficient (Wildman–Crippen LogP) is 4.76. The van der Waals surface area contributed by atoms with Gasteiger partial charge in [-0.1, -0.05) is 34.1 Å². The van der Waals surface area contributed by atoms with Crippen LogP contribution in [0.15, 0.2) is 77.3 Å². The molecule has 1 fully saturated rings. The summed E-state index contributed by atoms with van der Waals surface area (Å²) in [6, 6.07) is 20.2. The van der Waals surface area contributed by atoms with E-state index in [-0.39, 0.29) is 24.6 Å². The van der Waals surface area contributed by atoms with E-state index in [4.69, 9.17) is 9.47 Å². The van der Waals surface area contributed by atoms with Crippen LogP contribution in [0.4, 0.5) is 5.69 Å². The molecule has 3 aromatic rings. The van der Waals surface area contributed by atoms with Crippen LogP contribution in [0.25, 0.3) is 0 Å². The van der Waals surface area contributed by atoms with Crippen LogP contribution < -0.4 is 9.64 Å². The van der Waals surface area contributed by atoms with Crippen molar-refractivity contribution in [2.24, 2.45) is 5.92 Å². The lowest BCUT2D eigenvalue weighted by atomic mass is 10.1. The molecule has 7 nitrogen and oxygen atoms in total. The molecule has 0 radical (unpaired) electrons. The van der Waals surface area contributed by atoms with E-state index in [2.05, 4.69) is 15.9 Å². The minimum Gasteiger partial charge on any atom is -0.457 e. The van der Waals surface area contributed by atoms with Gasteiger partial charge < -0.3 is 14.4 Å². The van der Waals surface area contributed by atoms with E-state index in [0.717, 1.165) is 15.7 Å². The number of esters is 2. The summed E-state index contributed by atoms with van der Waals surface area (Å²) < 4.78 is 11.4. The number of rotatable bonds is 7. The van der Waals surface area contributed by atoms with Crippen LogP contribution >= 0.6 is 15.9 Å². The van der Waals surface area contributed by atoms with Crippen LogP contribution in [0.3, 0.4) is 0 Å². The summed E-state index contributed by atoms with van der Waals surface area (Å²) in [4.78, 5) is 51.2. The fourth-order valence-corrected chi connectivity index (χ4v) is 4.03. The van der Waals surface area contributed by atoms with Gasteiger partial charge in [-0.05, 0) is 67.1 Å². The third-order valence-corrected chi connectivity index (χ3v) is 6.21. The number of ketones is 1. The first kappa shape index (κ1) is 24.3. The monoisotopic (exact) mass is 535 g/mol. The van der Waals surface area contributed by atoms with Crippen molar-refractivity contribution in [1.82, 2.24) is 0 Å². The zero-order chi connectivity index (χ0) is 24.9. The van der Waals surface area contributed by atoms with Gasteiger partial charge in [-0.3, -0.25) is 14.4 Å². The minimum absolute atomic E-state index is 0.0415. The molecule has 1 amide bonds. The van der Waals surface area contributed by atoms with Gasteiger partial charge >= 0.3 is 11.9 Å². The van der Waals surface area contributed by atoms with Gasteiger partial charge in [0.2, 0.25) is 5.91 Å². The molecule has 0 aromatic heterocycles. The molecule has 3 aromatic carbocycles. The fourth-order valence-electron chi connectivity index (χ4n) is 3.76. The van der Waals surface area contributed by atoms with E-state index < -0.39 is 30.2 Å². The third-order valence-electron chi connectivity index (χ3n) is 5.68. The quantitative estimate of drug-likeness (QED) is 0.246. The van der Waals surface area contributed by atoms with Gasteiger partial charge in [0.25, 0.3) is 0 Å². The Morgan fingerprint density at radius 1 is 0.943 bits per heavy atom. The summed E-state index contributed by atoms with van der Waals surface area (Å²) >= 11 is 3.31. The highest BCUT2D eigenvalue weighted by atomic mass is 79.9. The van der Waals surface area contributed by atoms with Gasteiger partial charge in [0.15, 0.2) is 12.4 Å². The van der Waals surface area contributed by atoms with Crippen LogP contribution in [0.1, 0.15) is 32.7 Å². The Balaban J connectivity index is 1.29. The SMILES string of the molecule is Cc1ccccc1N1C[C@@H](C(=O)OCC(=O)c2ccc(OC(=O)c3ccc(Br)cc3)cc2)CC1=O. The Hall–Kier alpha value is -3.78. The van der Waals surface area contributed by atoms with E-state index in [0.29, 0.717) is 11.1 Å². The average Bonchev–Trinajstić information content (AvgIpc) is 3.25. The molecule has 4 rings (SSSR count). The number of amides is 1. The van der Waals surface area contributed by atoms with Gasteiger partial charge in [-0.15, -0.1) is 0 Å². The van der Waals surface area contributed by atoms with Crippen molar-refractivity contribution in [3.8, 4) is 5.75 Å². The topological polar surface area (TPSA) is 90.0 Å². The molecule has 8 heteroatoms. The Morgan fingerprint density at radius 3 is 2.29 bits per heavy atom. The molecule has 0 N–H and O–H groups in total. The Morgan fingerprint density at radius 2 is 1.60 bits per heavy atom. The van der Waals surface area contributed by atoms with Crippen molar-refractivity contribution >= 4 is 45.2 Å². The fraction of sp³-hybridized carbons (Fsp3) is 0.185. The molecule has 0 spiro atoms. The van der Waals surface area contributed by atoms with E-state index in [1.807, 2.05) is 31.2 Å². The highest BCUT2D eigenvalue weighted by Crippen LogP contribution is 2.28. The Labute approximate surface area is 210 Å². The van der Waals surface area contributed by atoms with Gasteiger partial charge in [0, 0.05) is 28.7 Å². The Kier molecular flexibility index (Phi) is 7.41. The number of aryl methyl sites for hydroxylation is 1. The zero-order valence-electron chi connectivity index (χ0n) is 18.9. The number of carbonyl (C=O) groups excluding carboxylic acids is 4. The van der Waals surface area contributed by atoms with Crippen LogP contribution in [0, 0.1) is 12.8 Å². The predicted molar refractivity (Wildman–Crippen MR) is 132 cm³/mol. The first-order valence-electron chi connectivity index (χ1n) is 11.0. The second-order valence-electron chi connectivity index (χ2n) is 8.14. The van der Waals surface area contributed by atoms with Crippen LogP contribution in [0.2, 0.25) is 0 Å². The molecule has 1 saturated heterocycles. The maximum atomic E-state index is 12.5. The average molecular weight is 536 g/mol. The largest absolute Gasteiger partial charge is 0.457 e. The lowest BCUT2D eigenvalue weighted by molar-refractivity contribution is -0.147. The maximum absolute atomic E-state index is 12.5. The number of benzene rings is 3. The molecule has 35 heavy (non-hydrogen) atoms. The second kappa shape index (κ2) is 10.7. The van der Waals surface area contributed by atoms with Crippen LogP contribution in [0.5, 0.6) is 5.75 Å². The second-order valence-corrected chi connectivity index (χ2v) is 9.06. The highest BCUT2D eigenvalue weighted by Gasteiger charge is 2.36.